The van der Waals surface area contributed by atoms with Crippen LogP contribution >= 0.6 is 0 Å². The molecule has 0 spiro atoms. The second kappa shape index (κ2) is 10.6. The molecule has 0 amide bonds. The van der Waals surface area contributed by atoms with Crippen molar-refractivity contribution in [2.24, 2.45) is 0 Å². The van der Waals surface area contributed by atoms with E-state index in [0.29, 0.717) is 19.3 Å². The summed E-state index contributed by atoms with van der Waals surface area (Å²) < 4.78 is 89.4. The summed E-state index contributed by atoms with van der Waals surface area (Å²) in [5.41, 5.74) is -1.56. The monoisotopic (exact) mass is 483 g/mol. The second-order valence-electron chi connectivity index (χ2n) is 9.14. The molecule has 0 radical (unpaired) electrons. The van der Waals surface area contributed by atoms with Crippen LogP contribution in [0.25, 0.3) is 0 Å². The number of sulfonamides is 1. The Balaban J connectivity index is 1.95. The van der Waals surface area contributed by atoms with Crippen LogP contribution in [0.1, 0.15) is 53.9 Å². The second-order valence-corrected chi connectivity index (χ2v) is 11.7. The van der Waals surface area contributed by atoms with Crippen molar-refractivity contribution in [1.82, 2.24) is 4.72 Å². The molecule has 1 aliphatic heterocycles. The summed E-state index contributed by atoms with van der Waals surface area (Å²) in [6, 6.07) is 0. The third-order valence-corrected chi connectivity index (χ3v) is 7.43. The molecule has 1 aromatic rings. The summed E-state index contributed by atoms with van der Waals surface area (Å²) in [6.07, 6.45) is 0.815. The fourth-order valence-corrected chi connectivity index (χ4v) is 4.32. The normalized spacial score (nSPS) is 20.0. The third-order valence-electron chi connectivity index (χ3n) is 5.23. The predicted octanol–water partition coefficient (Wildman–Crippen LogP) is 4.16. The minimum absolute atomic E-state index is 0.0731. The van der Waals surface area contributed by atoms with Crippen LogP contribution < -0.4 is 14.9 Å². The van der Waals surface area contributed by atoms with Crippen molar-refractivity contribution in [3.05, 3.63) is 23.3 Å². The van der Waals surface area contributed by atoms with Gasteiger partial charge in [-0.1, -0.05) is 6.42 Å². The van der Waals surface area contributed by atoms with Gasteiger partial charge in [0, 0.05) is 26.2 Å². The maximum Gasteiger partial charge on any atom is 0.216 e. The SMILES string of the molecule is CC1CN(c2c(F)c(F)c(NCCCCCNS(=O)(=O)C(C)(C)C)c(F)c2F)CC(C)O1. The van der Waals surface area contributed by atoms with Gasteiger partial charge in [-0.3, -0.25) is 0 Å². The highest BCUT2D eigenvalue weighted by Crippen LogP contribution is 2.35. The van der Waals surface area contributed by atoms with E-state index in [2.05, 4.69) is 10.0 Å². The number of anilines is 2. The van der Waals surface area contributed by atoms with Gasteiger partial charge in [0.15, 0.2) is 23.3 Å². The molecule has 1 aromatic carbocycles. The molecule has 2 unspecified atom stereocenters. The predicted molar refractivity (Wildman–Crippen MR) is 118 cm³/mol. The Bertz CT molecular complexity index is 868. The van der Waals surface area contributed by atoms with Gasteiger partial charge in [0.05, 0.1) is 17.0 Å². The molecule has 1 aliphatic rings. The number of halogens is 4. The minimum Gasteiger partial charge on any atom is -0.380 e. The fraction of sp³-hybridized carbons (Fsp3) is 0.714. The topological polar surface area (TPSA) is 70.7 Å². The number of nitrogens with one attached hydrogen (secondary N) is 2. The number of ether oxygens (including phenoxy) is 1. The van der Waals surface area contributed by atoms with Crippen molar-refractivity contribution in [1.29, 1.82) is 0 Å². The molecule has 1 fully saturated rings. The maximum atomic E-state index is 14.7. The first-order chi connectivity index (χ1) is 14.8. The molecule has 2 atom stereocenters. The van der Waals surface area contributed by atoms with Gasteiger partial charge in [-0.05, 0) is 47.5 Å². The van der Waals surface area contributed by atoms with E-state index in [9.17, 15) is 26.0 Å². The van der Waals surface area contributed by atoms with Gasteiger partial charge in [0.1, 0.15) is 11.4 Å². The van der Waals surface area contributed by atoms with Crippen LogP contribution in [0.2, 0.25) is 0 Å². The van der Waals surface area contributed by atoms with Gasteiger partial charge in [-0.25, -0.2) is 30.7 Å². The number of rotatable bonds is 9. The lowest BCUT2D eigenvalue weighted by atomic mass is 10.1. The van der Waals surface area contributed by atoms with Gasteiger partial charge < -0.3 is 15.0 Å². The van der Waals surface area contributed by atoms with Gasteiger partial charge in [0.2, 0.25) is 10.0 Å². The van der Waals surface area contributed by atoms with E-state index in [4.69, 9.17) is 4.74 Å². The van der Waals surface area contributed by atoms with Gasteiger partial charge >= 0.3 is 0 Å². The van der Waals surface area contributed by atoms with Crippen LogP contribution in [-0.4, -0.2) is 51.6 Å². The van der Waals surface area contributed by atoms with E-state index in [0.717, 1.165) is 0 Å². The number of morpholine rings is 1. The summed E-state index contributed by atoms with van der Waals surface area (Å²) in [4.78, 5) is 1.26. The Morgan fingerprint density at radius 2 is 1.41 bits per heavy atom. The van der Waals surface area contributed by atoms with Crippen molar-refractivity contribution in [2.75, 3.05) is 36.4 Å². The van der Waals surface area contributed by atoms with E-state index >= 15 is 0 Å². The highest BCUT2D eigenvalue weighted by molar-refractivity contribution is 7.90. The van der Waals surface area contributed by atoms with Crippen molar-refractivity contribution in [3.8, 4) is 0 Å². The molecule has 0 aromatic heterocycles. The largest absolute Gasteiger partial charge is 0.380 e. The number of hydrogen-bond acceptors (Lipinski definition) is 5. The summed E-state index contributed by atoms with van der Waals surface area (Å²) in [5, 5.41) is 2.43. The minimum atomic E-state index is -3.43. The molecule has 11 heteroatoms. The average molecular weight is 484 g/mol. The summed E-state index contributed by atoms with van der Waals surface area (Å²) >= 11 is 0. The third kappa shape index (κ3) is 6.26. The van der Waals surface area contributed by atoms with Gasteiger partial charge in [-0.15, -0.1) is 0 Å². The molecule has 2 rings (SSSR count). The van der Waals surface area contributed by atoms with E-state index in [1.807, 2.05) is 0 Å². The lowest BCUT2D eigenvalue weighted by Crippen LogP contribution is -2.46. The van der Waals surface area contributed by atoms with Crippen molar-refractivity contribution >= 4 is 21.4 Å². The number of nitrogens with zero attached hydrogens (tertiary/aromatic N) is 1. The molecule has 32 heavy (non-hydrogen) atoms. The molecule has 1 heterocycles. The standard InChI is InChI=1S/C21H33F4N3O3S/c1-13-11-28(12-14(2)31-13)20-17(24)15(22)19(16(23)18(20)25)26-9-7-6-8-10-27-32(29,30)21(3,4)5/h13-14,26-27H,6-12H2,1-5H3. The van der Waals surface area contributed by atoms with Crippen LogP contribution in [0, 0.1) is 23.3 Å². The van der Waals surface area contributed by atoms with Gasteiger partial charge in [0.25, 0.3) is 0 Å². The Morgan fingerprint density at radius 3 is 1.91 bits per heavy atom. The Kier molecular flexibility index (Phi) is 8.80. The van der Waals surface area contributed by atoms with Crippen molar-refractivity contribution in [3.63, 3.8) is 0 Å². The molecule has 1 saturated heterocycles. The molecular formula is C21H33F4N3O3S. The molecule has 0 saturated carbocycles. The van der Waals surface area contributed by atoms with Crippen LogP contribution in [0.4, 0.5) is 28.9 Å². The van der Waals surface area contributed by atoms with E-state index < -0.39 is 49.4 Å². The fourth-order valence-electron chi connectivity index (χ4n) is 3.48. The average Bonchev–Trinajstić information content (AvgIpc) is 2.66. The Hall–Kier alpha value is -1.59. The number of unbranched alkanes of at least 4 members (excludes halogenated alkanes) is 2. The first-order valence-electron chi connectivity index (χ1n) is 10.8. The van der Waals surface area contributed by atoms with Crippen molar-refractivity contribution in [2.45, 2.75) is 70.8 Å². The Labute approximate surface area is 187 Å². The summed E-state index contributed by atoms with van der Waals surface area (Å²) in [6.45, 7) is 8.74. The number of benzene rings is 1. The van der Waals surface area contributed by atoms with E-state index in [-0.39, 0.29) is 38.4 Å². The molecule has 6 nitrogen and oxygen atoms in total. The zero-order valence-corrected chi connectivity index (χ0v) is 20.0. The zero-order chi connectivity index (χ0) is 24.3. The lowest BCUT2D eigenvalue weighted by molar-refractivity contribution is -0.00565. The molecular weight excluding hydrogens is 450 g/mol. The van der Waals surface area contributed by atoms with E-state index in [1.54, 1.807) is 34.6 Å². The van der Waals surface area contributed by atoms with Crippen LogP contribution in [0.15, 0.2) is 0 Å². The van der Waals surface area contributed by atoms with Crippen LogP contribution in [0.5, 0.6) is 0 Å². The maximum absolute atomic E-state index is 14.7. The first kappa shape index (κ1) is 26.7. The van der Waals surface area contributed by atoms with E-state index in [1.165, 1.54) is 4.90 Å². The highest BCUT2D eigenvalue weighted by atomic mass is 32.2. The van der Waals surface area contributed by atoms with Crippen LogP contribution in [-0.2, 0) is 14.8 Å². The molecule has 2 N–H and O–H groups in total. The lowest BCUT2D eigenvalue weighted by Gasteiger charge is -2.37. The zero-order valence-electron chi connectivity index (χ0n) is 19.2. The summed E-state index contributed by atoms with van der Waals surface area (Å²) in [5.74, 6) is -5.82. The summed E-state index contributed by atoms with van der Waals surface area (Å²) in [7, 11) is -3.43. The first-order valence-corrected chi connectivity index (χ1v) is 12.2. The number of hydrogen-bond donors (Lipinski definition) is 2. The Morgan fingerprint density at radius 1 is 0.906 bits per heavy atom. The molecule has 184 valence electrons. The quantitative estimate of drug-likeness (QED) is 0.314. The van der Waals surface area contributed by atoms with Crippen LogP contribution in [0.3, 0.4) is 0 Å². The van der Waals surface area contributed by atoms with Gasteiger partial charge in [-0.2, -0.15) is 0 Å². The molecule has 0 bridgehead atoms. The highest BCUT2D eigenvalue weighted by Gasteiger charge is 2.32. The smallest absolute Gasteiger partial charge is 0.216 e. The van der Waals surface area contributed by atoms with Crippen molar-refractivity contribution < 1.29 is 30.7 Å². The molecule has 0 aliphatic carbocycles.